The van der Waals surface area contributed by atoms with Crippen LogP contribution in [-0.4, -0.2) is 33.7 Å². The normalized spacial score (nSPS) is 15.8. The third-order valence-electron chi connectivity index (χ3n) is 4.77. The molecule has 0 N–H and O–H groups in total. The van der Waals surface area contributed by atoms with Gasteiger partial charge in [-0.15, -0.1) is 0 Å². The number of likely N-dealkylation sites (tertiary alicyclic amines) is 1. The molecule has 2 aromatic rings. The molecule has 0 radical (unpaired) electrons. The Hall–Kier alpha value is -2.10. The Labute approximate surface area is 138 Å². The number of hydrogen-bond acceptors (Lipinski definition) is 2. The van der Waals surface area contributed by atoms with E-state index in [4.69, 9.17) is 0 Å². The van der Waals surface area contributed by atoms with E-state index in [0.717, 1.165) is 43.7 Å². The molecule has 1 aromatic carbocycles. The van der Waals surface area contributed by atoms with E-state index < -0.39 is 0 Å². The first-order chi connectivity index (χ1) is 11.1. The highest BCUT2D eigenvalue weighted by Crippen LogP contribution is 2.22. The molecule has 1 aliphatic rings. The standard InChI is InChI=1S/C19H25N3O/c1-15-12-18(21(2)20-15)14-19(23)22-10-8-17(9-11-22)13-16-6-4-3-5-7-16/h3-7,12,17H,8-11,13-14H2,1-2H3. The minimum atomic E-state index is 0.228. The van der Waals surface area contributed by atoms with Crippen LogP contribution in [0.2, 0.25) is 0 Å². The monoisotopic (exact) mass is 311 g/mol. The Balaban J connectivity index is 1.50. The summed E-state index contributed by atoms with van der Waals surface area (Å²) < 4.78 is 1.81. The molecule has 3 rings (SSSR count). The Morgan fingerprint density at radius 3 is 2.52 bits per heavy atom. The van der Waals surface area contributed by atoms with E-state index >= 15 is 0 Å². The molecular formula is C19H25N3O. The van der Waals surface area contributed by atoms with Crippen LogP contribution in [0, 0.1) is 12.8 Å². The summed E-state index contributed by atoms with van der Waals surface area (Å²) in [6.07, 6.45) is 3.79. The molecule has 0 bridgehead atoms. The molecule has 23 heavy (non-hydrogen) atoms. The SMILES string of the molecule is Cc1cc(CC(=O)N2CCC(Cc3ccccc3)CC2)n(C)n1. The van der Waals surface area contributed by atoms with Crippen LogP contribution < -0.4 is 0 Å². The first-order valence-electron chi connectivity index (χ1n) is 8.43. The fourth-order valence-electron chi connectivity index (χ4n) is 3.43. The lowest BCUT2D eigenvalue weighted by atomic mass is 9.90. The minimum absolute atomic E-state index is 0.228. The summed E-state index contributed by atoms with van der Waals surface area (Å²) in [6, 6.07) is 12.7. The van der Waals surface area contributed by atoms with Crippen molar-refractivity contribution in [2.45, 2.75) is 32.6 Å². The Morgan fingerprint density at radius 2 is 1.91 bits per heavy atom. The second-order valence-corrected chi connectivity index (χ2v) is 6.59. The molecule has 0 atom stereocenters. The Kier molecular flexibility index (Phi) is 4.79. The highest BCUT2D eigenvalue weighted by atomic mass is 16.2. The lowest BCUT2D eigenvalue weighted by Crippen LogP contribution is -2.40. The van der Waals surface area contributed by atoms with E-state index in [1.54, 1.807) is 0 Å². The number of hydrogen-bond donors (Lipinski definition) is 0. The third-order valence-corrected chi connectivity index (χ3v) is 4.77. The average Bonchev–Trinajstić information content (AvgIpc) is 2.86. The van der Waals surface area contributed by atoms with Crippen LogP contribution >= 0.6 is 0 Å². The van der Waals surface area contributed by atoms with E-state index in [0.29, 0.717) is 12.3 Å². The molecule has 4 nitrogen and oxygen atoms in total. The molecule has 1 amide bonds. The number of amides is 1. The third kappa shape index (κ3) is 4.01. The maximum atomic E-state index is 12.5. The minimum Gasteiger partial charge on any atom is -0.342 e. The van der Waals surface area contributed by atoms with Gasteiger partial charge in [-0.2, -0.15) is 5.10 Å². The van der Waals surface area contributed by atoms with Crippen molar-refractivity contribution in [2.75, 3.05) is 13.1 Å². The number of rotatable bonds is 4. The van der Waals surface area contributed by atoms with Gasteiger partial charge < -0.3 is 4.90 Å². The van der Waals surface area contributed by atoms with Crippen LogP contribution in [0.4, 0.5) is 0 Å². The average molecular weight is 311 g/mol. The number of nitrogens with zero attached hydrogens (tertiary/aromatic N) is 3. The Bertz CT molecular complexity index is 655. The zero-order valence-electron chi connectivity index (χ0n) is 14.0. The smallest absolute Gasteiger partial charge is 0.228 e. The lowest BCUT2D eigenvalue weighted by Gasteiger charge is -2.32. The van der Waals surface area contributed by atoms with Gasteiger partial charge in [-0.25, -0.2) is 0 Å². The van der Waals surface area contributed by atoms with Crippen molar-refractivity contribution in [3.05, 3.63) is 53.3 Å². The number of benzene rings is 1. The van der Waals surface area contributed by atoms with Crippen molar-refractivity contribution >= 4 is 5.91 Å². The lowest BCUT2D eigenvalue weighted by molar-refractivity contribution is -0.131. The van der Waals surface area contributed by atoms with E-state index in [-0.39, 0.29) is 5.91 Å². The van der Waals surface area contributed by atoms with Crippen LogP contribution in [-0.2, 0) is 24.7 Å². The molecular weight excluding hydrogens is 286 g/mol. The molecule has 1 saturated heterocycles. The van der Waals surface area contributed by atoms with Crippen LogP contribution in [0.15, 0.2) is 36.4 Å². The second-order valence-electron chi connectivity index (χ2n) is 6.59. The number of carbonyl (C=O) groups excluding carboxylic acids is 1. The highest BCUT2D eigenvalue weighted by molar-refractivity contribution is 5.78. The molecule has 0 saturated carbocycles. The van der Waals surface area contributed by atoms with Crippen molar-refractivity contribution in [2.24, 2.45) is 13.0 Å². The molecule has 122 valence electrons. The molecule has 2 heterocycles. The maximum absolute atomic E-state index is 12.5. The summed E-state index contributed by atoms with van der Waals surface area (Å²) in [5.41, 5.74) is 3.37. The van der Waals surface area contributed by atoms with Crippen molar-refractivity contribution in [1.29, 1.82) is 0 Å². The van der Waals surface area contributed by atoms with Crippen LogP contribution in [0.3, 0.4) is 0 Å². The van der Waals surface area contributed by atoms with Crippen molar-refractivity contribution in [3.63, 3.8) is 0 Å². The summed E-state index contributed by atoms with van der Waals surface area (Å²) in [4.78, 5) is 14.5. The molecule has 0 unspecified atom stereocenters. The van der Waals surface area contributed by atoms with Crippen LogP contribution in [0.25, 0.3) is 0 Å². The number of aromatic nitrogens is 2. The van der Waals surface area contributed by atoms with E-state index in [9.17, 15) is 4.79 Å². The predicted molar refractivity (Wildman–Crippen MR) is 91.1 cm³/mol. The largest absolute Gasteiger partial charge is 0.342 e. The van der Waals surface area contributed by atoms with E-state index in [2.05, 4.69) is 35.4 Å². The van der Waals surface area contributed by atoms with Gasteiger partial charge in [0.1, 0.15) is 0 Å². The van der Waals surface area contributed by atoms with Gasteiger partial charge in [0.15, 0.2) is 0 Å². The van der Waals surface area contributed by atoms with Gasteiger partial charge in [0.05, 0.1) is 12.1 Å². The quantitative estimate of drug-likeness (QED) is 0.871. The summed E-state index contributed by atoms with van der Waals surface area (Å²) in [6.45, 7) is 3.73. The Morgan fingerprint density at radius 1 is 1.22 bits per heavy atom. The van der Waals surface area contributed by atoms with E-state index in [1.165, 1.54) is 5.56 Å². The highest BCUT2D eigenvalue weighted by Gasteiger charge is 2.23. The van der Waals surface area contributed by atoms with Gasteiger partial charge in [-0.3, -0.25) is 9.48 Å². The topological polar surface area (TPSA) is 38.1 Å². The molecule has 4 heteroatoms. The molecule has 1 aromatic heterocycles. The van der Waals surface area contributed by atoms with Gasteiger partial charge >= 0.3 is 0 Å². The fraction of sp³-hybridized carbons (Fsp3) is 0.474. The van der Waals surface area contributed by atoms with Gasteiger partial charge in [0, 0.05) is 25.8 Å². The molecule has 1 fully saturated rings. The van der Waals surface area contributed by atoms with Crippen molar-refractivity contribution in [1.82, 2.24) is 14.7 Å². The second kappa shape index (κ2) is 6.99. The van der Waals surface area contributed by atoms with Crippen molar-refractivity contribution < 1.29 is 4.79 Å². The van der Waals surface area contributed by atoms with Crippen molar-refractivity contribution in [3.8, 4) is 0 Å². The van der Waals surface area contributed by atoms with Gasteiger partial charge in [-0.1, -0.05) is 30.3 Å². The molecule has 1 aliphatic heterocycles. The molecule has 0 aliphatic carbocycles. The van der Waals surface area contributed by atoms with Gasteiger partial charge in [-0.05, 0) is 43.7 Å². The number of carbonyl (C=O) groups is 1. The van der Waals surface area contributed by atoms with Gasteiger partial charge in [0.25, 0.3) is 0 Å². The summed E-state index contributed by atoms with van der Waals surface area (Å²) >= 11 is 0. The maximum Gasteiger partial charge on any atom is 0.228 e. The van der Waals surface area contributed by atoms with Crippen LogP contribution in [0.1, 0.15) is 29.8 Å². The van der Waals surface area contributed by atoms with E-state index in [1.807, 2.05) is 29.6 Å². The summed E-state index contributed by atoms with van der Waals surface area (Å²) in [7, 11) is 1.90. The molecule has 0 spiro atoms. The number of aryl methyl sites for hydroxylation is 2. The zero-order chi connectivity index (χ0) is 16.2. The first-order valence-corrected chi connectivity index (χ1v) is 8.43. The first kappa shape index (κ1) is 15.8. The predicted octanol–water partition coefficient (Wildman–Crippen LogP) is 2.75. The summed E-state index contributed by atoms with van der Waals surface area (Å²) in [5.74, 6) is 0.923. The van der Waals surface area contributed by atoms with Crippen LogP contribution in [0.5, 0.6) is 0 Å². The summed E-state index contributed by atoms with van der Waals surface area (Å²) in [5, 5.41) is 4.31. The number of piperidine rings is 1. The van der Waals surface area contributed by atoms with Gasteiger partial charge in [0.2, 0.25) is 5.91 Å². The zero-order valence-corrected chi connectivity index (χ0v) is 14.0. The fourth-order valence-corrected chi connectivity index (χ4v) is 3.43.